The smallest absolute Gasteiger partial charge is 0.273 e. The lowest BCUT2D eigenvalue weighted by Gasteiger charge is -2.20. The standard InChI is InChI=1S/C14H16F2N2O/c1-9-18-12-6-11(2-3-13(12)19-9)14(15,16)7-10-4-5-17-8-10/h2-3,6,10,17H,4-5,7-8H2,1H3. The highest BCUT2D eigenvalue weighted by atomic mass is 19.3. The second-order valence-electron chi connectivity index (χ2n) is 5.18. The van der Waals surface area contributed by atoms with E-state index in [4.69, 9.17) is 4.42 Å². The van der Waals surface area contributed by atoms with E-state index in [9.17, 15) is 8.78 Å². The first-order valence-corrected chi connectivity index (χ1v) is 6.51. The van der Waals surface area contributed by atoms with E-state index in [1.807, 2.05) is 0 Å². The zero-order valence-corrected chi connectivity index (χ0v) is 10.7. The van der Waals surface area contributed by atoms with E-state index in [2.05, 4.69) is 10.3 Å². The highest BCUT2D eigenvalue weighted by molar-refractivity contribution is 5.73. The monoisotopic (exact) mass is 266 g/mol. The molecule has 0 radical (unpaired) electrons. The Morgan fingerprint density at radius 1 is 1.47 bits per heavy atom. The van der Waals surface area contributed by atoms with Gasteiger partial charge in [-0.1, -0.05) is 0 Å². The van der Waals surface area contributed by atoms with Crippen LogP contribution in [0.1, 0.15) is 24.3 Å². The zero-order valence-electron chi connectivity index (χ0n) is 10.7. The van der Waals surface area contributed by atoms with E-state index in [-0.39, 0.29) is 17.9 Å². The molecule has 1 saturated heterocycles. The Labute approximate surface area is 110 Å². The number of aryl methyl sites for hydroxylation is 1. The molecule has 0 aliphatic carbocycles. The van der Waals surface area contributed by atoms with E-state index in [0.717, 1.165) is 13.0 Å². The number of alkyl halides is 2. The summed E-state index contributed by atoms with van der Waals surface area (Å²) in [5.41, 5.74) is 1.08. The molecule has 0 amide bonds. The van der Waals surface area contributed by atoms with E-state index < -0.39 is 5.92 Å². The predicted molar refractivity (Wildman–Crippen MR) is 68.2 cm³/mol. The number of oxazole rings is 1. The SMILES string of the molecule is Cc1nc2cc(C(F)(F)CC3CCNC3)ccc2o1. The van der Waals surface area contributed by atoms with Crippen LogP contribution in [-0.4, -0.2) is 18.1 Å². The van der Waals surface area contributed by atoms with E-state index in [0.29, 0.717) is 23.5 Å². The number of rotatable bonds is 3. The lowest BCUT2D eigenvalue weighted by atomic mass is 9.95. The van der Waals surface area contributed by atoms with E-state index >= 15 is 0 Å². The lowest BCUT2D eigenvalue weighted by molar-refractivity contribution is -0.0267. The third kappa shape index (κ3) is 2.47. The average molecular weight is 266 g/mol. The van der Waals surface area contributed by atoms with Gasteiger partial charge in [-0.2, -0.15) is 0 Å². The second kappa shape index (κ2) is 4.56. The van der Waals surface area contributed by atoms with Gasteiger partial charge in [-0.15, -0.1) is 0 Å². The van der Waals surface area contributed by atoms with Gasteiger partial charge in [-0.05, 0) is 43.6 Å². The summed E-state index contributed by atoms with van der Waals surface area (Å²) in [6.45, 7) is 3.23. The van der Waals surface area contributed by atoms with Gasteiger partial charge in [0.05, 0.1) is 0 Å². The Morgan fingerprint density at radius 2 is 2.32 bits per heavy atom. The van der Waals surface area contributed by atoms with Gasteiger partial charge in [-0.25, -0.2) is 13.8 Å². The molecule has 2 heterocycles. The van der Waals surface area contributed by atoms with Gasteiger partial charge in [0.15, 0.2) is 11.5 Å². The fourth-order valence-corrected chi connectivity index (χ4v) is 2.64. The molecule has 1 fully saturated rings. The highest BCUT2D eigenvalue weighted by Gasteiger charge is 2.36. The summed E-state index contributed by atoms with van der Waals surface area (Å²) in [4.78, 5) is 4.11. The first-order chi connectivity index (χ1) is 9.04. The number of halogens is 2. The Kier molecular flexibility index (Phi) is 3.01. The van der Waals surface area contributed by atoms with Crippen LogP contribution in [-0.2, 0) is 5.92 Å². The molecule has 1 unspecified atom stereocenters. The quantitative estimate of drug-likeness (QED) is 0.926. The van der Waals surface area contributed by atoms with Crippen molar-refractivity contribution in [1.82, 2.24) is 10.3 Å². The average Bonchev–Trinajstić information content (AvgIpc) is 2.95. The second-order valence-corrected chi connectivity index (χ2v) is 5.18. The van der Waals surface area contributed by atoms with Crippen molar-refractivity contribution < 1.29 is 13.2 Å². The van der Waals surface area contributed by atoms with Crippen molar-refractivity contribution in [3.8, 4) is 0 Å². The van der Waals surface area contributed by atoms with Gasteiger partial charge < -0.3 is 9.73 Å². The number of benzene rings is 1. The highest BCUT2D eigenvalue weighted by Crippen LogP contribution is 2.37. The molecule has 3 rings (SSSR count). The first kappa shape index (κ1) is 12.5. The van der Waals surface area contributed by atoms with Crippen LogP contribution in [0.4, 0.5) is 8.78 Å². The van der Waals surface area contributed by atoms with Crippen LogP contribution >= 0.6 is 0 Å². The van der Waals surface area contributed by atoms with Crippen LogP contribution in [0.2, 0.25) is 0 Å². The summed E-state index contributed by atoms with van der Waals surface area (Å²) < 4.78 is 33.8. The van der Waals surface area contributed by atoms with Crippen molar-refractivity contribution in [2.24, 2.45) is 5.92 Å². The van der Waals surface area contributed by atoms with Crippen LogP contribution in [0, 0.1) is 12.8 Å². The van der Waals surface area contributed by atoms with Crippen LogP contribution in [0.25, 0.3) is 11.1 Å². The minimum atomic E-state index is -2.81. The minimum Gasteiger partial charge on any atom is -0.441 e. The maximum Gasteiger partial charge on any atom is 0.273 e. The lowest BCUT2D eigenvalue weighted by Crippen LogP contribution is -2.20. The predicted octanol–water partition coefficient (Wildman–Crippen LogP) is 3.23. The molecule has 102 valence electrons. The number of nitrogens with zero attached hydrogens (tertiary/aromatic N) is 1. The van der Waals surface area contributed by atoms with E-state index in [1.54, 1.807) is 13.0 Å². The van der Waals surface area contributed by atoms with Crippen molar-refractivity contribution in [2.45, 2.75) is 25.7 Å². The Hall–Kier alpha value is -1.49. The molecule has 1 atom stereocenters. The van der Waals surface area contributed by atoms with Crippen molar-refractivity contribution in [3.05, 3.63) is 29.7 Å². The number of aromatic nitrogens is 1. The summed E-state index contributed by atoms with van der Waals surface area (Å²) >= 11 is 0. The van der Waals surface area contributed by atoms with Gasteiger partial charge in [0.25, 0.3) is 5.92 Å². The first-order valence-electron chi connectivity index (χ1n) is 6.51. The molecule has 1 aromatic heterocycles. The van der Waals surface area contributed by atoms with Crippen molar-refractivity contribution >= 4 is 11.1 Å². The number of fused-ring (bicyclic) bond motifs is 1. The fraction of sp³-hybridized carbons (Fsp3) is 0.500. The van der Waals surface area contributed by atoms with Crippen LogP contribution in [0.5, 0.6) is 0 Å². The molecular formula is C14H16F2N2O. The van der Waals surface area contributed by atoms with Gasteiger partial charge in [-0.3, -0.25) is 0 Å². The van der Waals surface area contributed by atoms with Gasteiger partial charge in [0, 0.05) is 18.9 Å². The summed E-state index contributed by atoms with van der Waals surface area (Å²) in [7, 11) is 0. The van der Waals surface area contributed by atoms with Gasteiger partial charge in [0.1, 0.15) is 5.52 Å². The summed E-state index contributed by atoms with van der Waals surface area (Å²) in [5.74, 6) is -2.27. The number of hydrogen-bond donors (Lipinski definition) is 1. The molecule has 0 spiro atoms. The fourth-order valence-electron chi connectivity index (χ4n) is 2.64. The molecule has 2 aromatic rings. The Bertz CT molecular complexity index is 588. The molecule has 0 bridgehead atoms. The molecule has 1 aliphatic rings. The summed E-state index contributed by atoms with van der Waals surface area (Å²) in [5, 5.41) is 3.12. The van der Waals surface area contributed by atoms with Gasteiger partial charge in [0.2, 0.25) is 0 Å². The molecule has 19 heavy (non-hydrogen) atoms. The maximum atomic E-state index is 14.3. The molecule has 1 aliphatic heterocycles. The topological polar surface area (TPSA) is 38.1 Å². The van der Waals surface area contributed by atoms with Crippen molar-refractivity contribution in [1.29, 1.82) is 0 Å². The van der Waals surface area contributed by atoms with Gasteiger partial charge >= 0.3 is 0 Å². The molecule has 1 N–H and O–H groups in total. The zero-order chi connectivity index (χ0) is 13.5. The van der Waals surface area contributed by atoms with Crippen LogP contribution < -0.4 is 5.32 Å². The molecule has 1 aromatic carbocycles. The summed E-state index contributed by atoms with van der Waals surface area (Å²) in [6.07, 6.45) is 0.712. The number of hydrogen-bond acceptors (Lipinski definition) is 3. The Balaban J connectivity index is 1.88. The van der Waals surface area contributed by atoms with Crippen LogP contribution in [0.15, 0.2) is 22.6 Å². The van der Waals surface area contributed by atoms with Crippen LogP contribution in [0.3, 0.4) is 0 Å². The molecule has 5 heteroatoms. The van der Waals surface area contributed by atoms with Crippen molar-refractivity contribution in [2.75, 3.05) is 13.1 Å². The largest absolute Gasteiger partial charge is 0.441 e. The molecule has 3 nitrogen and oxygen atoms in total. The summed E-state index contributed by atoms with van der Waals surface area (Å²) in [6, 6.07) is 4.45. The third-order valence-corrected chi connectivity index (χ3v) is 3.62. The molecule has 0 saturated carbocycles. The maximum absolute atomic E-state index is 14.3. The number of nitrogens with one attached hydrogen (secondary N) is 1. The van der Waals surface area contributed by atoms with E-state index in [1.165, 1.54) is 12.1 Å². The Morgan fingerprint density at radius 3 is 3.05 bits per heavy atom. The molecular weight excluding hydrogens is 250 g/mol. The third-order valence-electron chi connectivity index (χ3n) is 3.62. The minimum absolute atomic E-state index is 0.0280. The van der Waals surface area contributed by atoms with Crippen molar-refractivity contribution in [3.63, 3.8) is 0 Å². The normalized spacial score (nSPS) is 20.3.